The molecule has 0 aliphatic carbocycles. The molecule has 0 rings (SSSR count). The zero-order valence-corrected chi connectivity index (χ0v) is 7.34. The van der Waals surface area contributed by atoms with Crippen molar-refractivity contribution in [2.45, 2.75) is 26.3 Å². The molecule has 0 aliphatic heterocycles. The Bertz CT molecular complexity index is 187. The van der Waals surface area contributed by atoms with E-state index in [4.69, 9.17) is 9.79 Å². The van der Waals surface area contributed by atoms with Crippen molar-refractivity contribution in [3.05, 3.63) is 0 Å². The minimum atomic E-state index is -4.57. The first-order valence-electron chi connectivity index (χ1n) is 3.24. The van der Waals surface area contributed by atoms with Crippen molar-refractivity contribution in [3.8, 4) is 0 Å². The molecule has 0 fully saturated rings. The molecule has 0 aliphatic rings. The first-order chi connectivity index (χ1) is 4.88. The van der Waals surface area contributed by atoms with E-state index in [9.17, 15) is 9.36 Å². The summed E-state index contributed by atoms with van der Waals surface area (Å²) >= 11 is 0. The molecule has 0 bridgehead atoms. The van der Waals surface area contributed by atoms with Gasteiger partial charge in [0.15, 0.2) is 0 Å². The molecule has 0 saturated carbocycles. The molecule has 0 aromatic carbocycles. The zero-order valence-electron chi connectivity index (χ0n) is 6.44. The van der Waals surface area contributed by atoms with Crippen molar-refractivity contribution < 1.29 is 19.1 Å². The summed E-state index contributed by atoms with van der Waals surface area (Å²) in [4.78, 5) is 27.2. The summed E-state index contributed by atoms with van der Waals surface area (Å²) < 4.78 is 10.3. The Morgan fingerprint density at radius 1 is 1.64 bits per heavy atom. The molecule has 1 atom stereocenters. The third kappa shape index (κ3) is 4.14. The largest absolute Gasteiger partial charge is 0.413 e. The van der Waals surface area contributed by atoms with E-state index in [-0.39, 0.29) is 6.04 Å². The van der Waals surface area contributed by atoms with Gasteiger partial charge in [0.25, 0.3) is 0 Å². The molecule has 6 heteroatoms. The maximum atomic E-state index is 10.6. The van der Waals surface area contributed by atoms with Crippen molar-refractivity contribution in [1.82, 2.24) is 5.32 Å². The molecule has 0 saturated heterocycles. The Morgan fingerprint density at radius 2 is 2.09 bits per heavy atom. The van der Waals surface area contributed by atoms with Crippen LogP contribution < -0.4 is 5.32 Å². The molecule has 0 radical (unpaired) electrons. The molecular weight excluding hydrogens is 169 g/mol. The fourth-order valence-corrected chi connectivity index (χ4v) is 0.785. The average Bonchev–Trinajstić information content (AvgIpc) is 1.85. The van der Waals surface area contributed by atoms with Gasteiger partial charge in [-0.3, -0.25) is 4.79 Å². The number of amides is 1. The van der Waals surface area contributed by atoms with Crippen LogP contribution in [0.2, 0.25) is 0 Å². The van der Waals surface area contributed by atoms with E-state index < -0.39 is 13.2 Å². The standard InChI is InChI=1S/C5H12NO4P/c1-3-4(2)6-5(7)11(8,9)10/h4H,3H2,1-2H3,(H,6,7)(H2,8,9,10)/t4-/m0/s1. The summed E-state index contributed by atoms with van der Waals surface area (Å²) in [5.74, 6) is 0. The lowest BCUT2D eigenvalue weighted by Gasteiger charge is -2.11. The summed E-state index contributed by atoms with van der Waals surface area (Å²) in [6, 6.07) is -0.199. The predicted octanol–water partition coefficient (Wildman–Crippen LogP) is 0.672. The summed E-state index contributed by atoms with van der Waals surface area (Å²) in [6.07, 6.45) is 0.645. The molecule has 11 heavy (non-hydrogen) atoms. The number of carbonyl (C=O) groups excluding carboxylic acids is 1. The van der Waals surface area contributed by atoms with Gasteiger partial charge in [0.1, 0.15) is 0 Å². The average molecular weight is 181 g/mol. The first-order valence-corrected chi connectivity index (χ1v) is 4.85. The van der Waals surface area contributed by atoms with Crippen molar-refractivity contribution in [2.24, 2.45) is 0 Å². The lowest BCUT2D eigenvalue weighted by molar-refractivity contribution is 0.245. The Hall–Kier alpha value is -0.380. The minimum Gasteiger partial charge on any atom is -0.343 e. The van der Waals surface area contributed by atoms with Gasteiger partial charge in [0.2, 0.25) is 0 Å². The van der Waals surface area contributed by atoms with Gasteiger partial charge in [0.05, 0.1) is 0 Å². The van der Waals surface area contributed by atoms with Crippen LogP contribution in [0.5, 0.6) is 0 Å². The number of carbonyl (C=O) groups is 1. The van der Waals surface area contributed by atoms with Crippen molar-refractivity contribution >= 4 is 13.2 Å². The molecule has 66 valence electrons. The topological polar surface area (TPSA) is 86.6 Å². The van der Waals surface area contributed by atoms with Gasteiger partial charge in [0, 0.05) is 6.04 Å². The van der Waals surface area contributed by atoms with Crippen molar-refractivity contribution in [1.29, 1.82) is 0 Å². The van der Waals surface area contributed by atoms with Crippen LogP contribution >= 0.6 is 7.60 Å². The predicted molar refractivity (Wildman–Crippen MR) is 40.3 cm³/mol. The summed E-state index contributed by atoms with van der Waals surface area (Å²) in [5, 5.41) is 2.17. The highest BCUT2D eigenvalue weighted by Crippen LogP contribution is 2.34. The number of hydrogen-bond donors (Lipinski definition) is 3. The van der Waals surface area contributed by atoms with E-state index in [0.717, 1.165) is 0 Å². The van der Waals surface area contributed by atoms with Crippen LogP contribution in [-0.2, 0) is 4.57 Å². The molecule has 0 aromatic heterocycles. The Balaban J connectivity index is 3.99. The van der Waals surface area contributed by atoms with E-state index in [0.29, 0.717) is 6.42 Å². The van der Waals surface area contributed by atoms with Crippen LogP contribution in [0.4, 0.5) is 4.79 Å². The monoisotopic (exact) mass is 181 g/mol. The SMILES string of the molecule is CC[C@H](C)NC(=O)P(=O)(O)O. The van der Waals surface area contributed by atoms with Crippen LogP contribution in [0, 0.1) is 0 Å². The summed E-state index contributed by atoms with van der Waals surface area (Å²) in [7, 11) is -4.57. The third-order valence-corrected chi connectivity index (χ3v) is 1.91. The lowest BCUT2D eigenvalue weighted by atomic mass is 10.3. The van der Waals surface area contributed by atoms with Crippen LogP contribution in [0.3, 0.4) is 0 Å². The Morgan fingerprint density at radius 3 is 2.36 bits per heavy atom. The van der Waals surface area contributed by atoms with Crippen LogP contribution in [0.25, 0.3) is 0 Å². The highest BCUT2D eigenvalue weighted by Gasteiger charge is 2.26. The van der Waals surface area contributed by atoms with Crippen LogP contribution in [0.1, 0.15) is 20.3 Å². The van der Waals surface area contributed by atoms with Gasteiger partial charge in [-0.25, -0.2) is 4.57 Å². The Kier molecular flexibility index (Phi) is 3.72. The van der Waals surface area contributed by atoms with Crippen LogP contribution in [0.15, 0.2) is 0 Å². The van der Waals surface area contributed by atoms with Gasteiger partial charge in [-0.2, -0.15) is 0 Å². The lowest BCUT2D eigenvalue weighted by Crippen LogP contribution is -2.30. The highest BCUT2D eigenvalue weighted by atomic mass is 31.2. The van der Waals surface area contributed by atoms with Gasteiger partial charge in [-0.1, -0.05) is 6.92 Å². The van der Waals surface area contributed by atoms with E-state index in [1.54, 1.807) is 6.92 Å². The van der Waals surface area contributed by atoms with E-state index in [2.05, 4.69) is 5.32 Å². The molecule has 5 nitrogen and oxygen atoms in total. The highest BCUT2D eigenvalue weighted by molar-refractivity contribution is 7.69. The molecule has 0 spiro atoms. The normalized spacial score (nSPS) is 14.2. The minimum absolute atomic E-state index is 0.199. The molecule has 0 heterocycles. The van der Waals surface area contributed by atoms with Gasteiger partial charge in [-0.05, 0) is 13.3 Å². The van der Waals surface area contributed by atoms with E-state index in [1.165, 1.54) is 0 Å². The van der Waals surface area contributed by atoms with Crippen molar-refractivity contribution in [3.63, 3.8) is 0 Å². The maximum Gasteiger partial charge on any atom is 0.413 e. The second kappa shape index (κ2) is 3.85. The number of hydrogen-bond acceptors (Lipinski definition) is 2. The maximum absolute atomic E-state index is 10.6. The smallest absolute Gasteiger partial charge is 0.343 e. The van der Waals surface area contributed by atoms with Crippen molar-refractivity contribution in [2.75, 3.05) is 0 Å². The quantitative estimate of drug-likeness (QED) is 0.558. The molecule has 1 amide bonds. The fraction of sp³-hybridized carbons (Fsp3) is 0.800. The second-order valence-electron chi connectivity index (χ2n) is 2.30. The number of nitrogens with one attached hydrogen (secondary N) is 1. The summed E-state index contributed by atoms with van der Waals surface area (Å²) in [6.45, 7) is 3.48. The number of rotatable bonds is 3. The second-order valence-corrected chi connectivity index (χ2v) is 3.80. The first kappa shape index (κ1) is 10.6. The molecule has 3 N–H and O–H groups in total. The zero-order chi connectivity index (χ0) is 9.07. The van der Waals surface area contributed by atoms with E-state index in [1.807, 2.05) is 6.92 Å². The third-order valence-electron chi connectivity index (χ3n) is 1.25. The fourth-order valence-electron chi connectivity index (χ4n) is 0.397. The van der Waals surface area contributed by atoms with Gasteiger partial charge >= 0.3 is 13.2 Å². The van der Waals surface area contributed by atoms with Gasteiger partial charge < -0.3 is 15.1 Å². The van der Waals surface area contributed by atoms with Gasteiger partial charge in [-0.15, -0.1) is 0 Å². The Labute approximate surface area is 65.0 Å². The summed E-state index contributed by atoms with van der Waals surface area (Å²) in [5.41, 5.74) is -1.20. The molecule has 0 aromatic rings. The molecular formula is C5H12NO4P. The molecule has 0 unspecified atom stereocenters. The van der Waals surface area contributed by atoms with E-state index >= 15 is 0 Å². The van der Waals surface area contributed by atoms with Crippen LogP contribution in [-0.4, -0.2) is 21.5 Å².